The van der Waals surface area contributed by atoms with E-state index >= 15 is 0 Å². The normalized spacial score (nSPS) is 24.1. The third kappa shape index (κ3) is 2.33. The van der Waals surface area contributed by atoms with Crippen molar-refractivity contribution in [3.63, 3.8) is 0 Å². The maximum absolute atomic E-state index is 7.92. The summed E-state index contributed by atoms with van der Waals surface area (Å²) in [7, 11) is 15.8. The molecule has 26 heavy (non-hydrogen) atoms. The molecule has 0 bridgehead atoms. The molecule has 0 spiro atoms. The van der Waals surface area contributed by atoms with Crippen LogP contribution >= 0.6 is 17.0 Å². The van der Waals surface area contributed by atoms with E-state index in [1.807, 2.05) is 0 Å². The van der Waals surface area contributed by atoms with Gasteiger partial charge in [0.1, 0.15) is 0 Å². The van der Waals surface area contributed by atoms with Gasteiger partial charge in [0.2, 0.25) is 0 Å². The summed E-state index contributed by atoms with van der Waals surface area (Å²) in [5, 5.41) is 0. The van der Waals surface area contributed by atoms with Gasteiger partial charge in [-0.1, -0.05) is 0 Å². The molecule has 0 aromatic heterocycles. The summed E-state index contributed by atoms with van der Waals surface area (Å²) in [5.41, 5.74) is 7.64. The number of rotatable bonds is 2. The summed E-state index contributed by atoms with van der Waals surface area (Å²) in [6.07, 6.45) is 4.54. The van der Waals surface area contributed by atoms with E-state index in [1.54, 1.807) is 0 Å². The van der Waals surface area contributed by atoms with Gasteiger partial charge in [-0.15, -0.1) is 0 Å². The average molecular weight is 464 g/mol. The number of fused-ring (bicyclic) bond motifs is 2. The summed E-state index contributed by atoms with van der Waals surface area (Å²) in [6, 6.07) is 17.1. The Morgan fingerprint density at radius 2 is 1.15 bits per heavy atom. The first-order chi connectivity index (χ1) is 12.1. The Balaban J connectivity index is 2.07. The van der Waals surface area contributed by atoms with Crippen LogP contribution in [0.1, 0.15) is 50.3 Å². The summed E-state index contributed by atoms with van der Waals surface area (Å²) in [5.74, 6) is 0. The Hall–Kier alpha value is -0.747. The average Bonchev–Trinajstić information content (AvgIpc) is 3.11. The molecular weight excluding hydrogens is 438 g/mol. The maximum atomic E-state index is 7.92. The van der Waals surface area contributed by atoms with Crippen LogP contribution in [0.3, 0.4) is 0 Å². The van der Waals surface area contributed by atoms with Crippen LogP contribution < -0.4 is 0 Å². The van der Waals surface area contributed by atoms with Crippen LogP contribution in [-0.2, 0) is 14.4 Å². The Bertz CT molecular complexity index is 1010. The number of benzene rings is 2. The van der Waals surface area contributed by atoms with Crippen molar-refractivity contribution in [2.45, 2.75) is 32.7 Å². The quantitative estimate of drug-likeness (QED) is 0.428. The molecule has 0 N–H and O–H groups in total. The summed E-state index contributed by atoms with van der Waals surface area (Å²) < 4.78 is 4.58. The molecule has 2 atom stereocenters. The first-order valence-electron chi connectivity index (χ1n) is 9.29. The molecule has 2 aromatic rings. The van der Waals surface area contributed by atoms with Gasteiger partial charge in [-0.25, -0.2) is 0 Å². The zero-order valence-corrected chi connectivity index (χ0v) is 19.7. The minimum atomic E-state index is -5.04. The predicted octanol–water partition coefficient (Wildman–Crippen LogP) is 7.71. The molecule has 0 aliphatic heterocycles. The van der Waals surface area contributed by atoms with Gasteiger partial charge in [0.15, 0.2) is 0 Å². The molecule has 0 nitrogen and oxygen atoms in total. The van der Waals surface area contributed by atoms with E-state index in [1.165, 1.54) is 33.4 Å². The Morgan fingerprint density at radius 1 is 0.769 bits per heavy atom. The first-order valence-corrected chi connectivity index (χ1v) is 22.3. The van der Waals surface area contributed by atoms with Crippen LogP contribution in [0.25, 0.3) is 12.2 Å². The topological polar surface area (TPSA) is 0 Å². The minimum absolute atomic E-state index is 0.0697. The molecule has 0 saturated heterocycles. The van der Waals surface area contributed by atoms with E-state index in [9.17, 15) is 0 Å². The monoisotopic (exact) mass is 461 g/mol. The van der Waals surface area contributed by atoms with Crippen LogP contribution in [-0.4, -0.2) is 3.71 Å². The van der Waals surface area contributed by atoms with E-state index in [0.717, 1.165) is 0 Å². The van der Waals surface area contributed by atoms with Crippen molar-refractivity contribution in [1.29, 1.82) is 0 Å². The van der Waals surface area contributed by atoms with Crippen LogP contribution in [0, 0.1) is 0 Å². The fourth-order valence-electron chi connectivity index (χ4n) is 5.69. The van der Waals surface area contributed by atoms with Crippen molar-refractivity contribution >= 4 is 32.9 Å². The summed E-state index contributed by atoms with van der Waals surface area (Å²) in [6.45, 7) is 6.46. The summed E-state index contributed by atoms with van der Waals surface area (Å²) >= 11 is -5.04. The molecular formula is C23H25Cl2Zr. The molecule has 0 saturated carbocycles. The molecule has 2 aliphatic rings. The zero-order valence-electron chi connectivity index (χ0n) is 15.8. The van der Waals surface area contributed by atoms with Crippen LogP contribution in [0.4, 0.5) is 0 Å². The first kappa shape index (κ1) is 18.6. The molecule has 3 heteroatoms. The van der Waals surface area contributed by atoms with Crippen molar-refractivity contribution in [3.8, 4) is 0 Å². The fourth-order valence-corrected chi connectivity index (χ4v) is 27.7. The van der Waals surface area contributed by atoms with Crippen molar-refractivity contribution in [1.82, 2.24) is 0 Å². The number of allylic oxidation sites excluding steroid dienone is 2. The van der Waals surface area contributed by atoms with Crippen LogP contribution in [0.2, 0.25) is 4.63 Å². The number of halogens is 2. The van der Waals surface area contributed by atoms with Gasteiger partial charge in [0.25, 0.3) is 0 Å². The van der Waals surface area contributed by atoms with Gasteiger partial charge < -0.3 is 0 Å². The van der Waals surface area contributed by atoms with Crippen molar-refractivity contribution < 1.29 is 14.4 Å². The molecule has 0 fully saturated rings. The molecule has 4 rings (SSSR count). The third-order valence-corrected chi connectivity index (χ3v) is 30.7. The molecule has 0 amide bonds. The second-order valence-electron chi connectivity index (χ2n) is 8.66. The summed E-state index contributed by atoms with van der Waals surface area (Å²) in [4.78, 5) is 0. The van der Waals surface area contributed by atoms with E-state index in [0.29, 0.717) is 0 Å². The van der Waals surface area contributed by atoms with Crippen molar-refractivity contribution in [2.75, 3.05) is 0 Å². The Kier molecular flexibility index (Phi) is 3.87. The van der Waals surface area contributed by atoms with E-state index in [2.05, 4.69) is 89.8 Å². The Morgan fingerprint density at radius 3 is 1.54 bits per heavy atom. The Labute approximate surface area is 161 Å². The van der Waals surface area contributed by atoms with Gasteiger partial charge in [0, 0.05) is 0 Å². The van der Waals surface area contributed by atoms with Crippen molar-refractivity contribution in [2.24, 2.45) is 0 Å². The molecule has 0 radical (unpaired) electrons. The second kappa shape index (κ2) is 5.41. The van der Waals surface area contributed by atoms with Gasteiger partial charge in [-0.3, -0.25) is 0 Å². The standard InChI is InChI=1S/2C10H9.C2H4.CH3.2ClH.Zr/c2*1-8-6-9-4-2-3-5-10(9)7-8;1-2;;;;/h2*2-7H,1H3;1H,2H3;1H3;2*1H;/q;;;;;;+2/p-2. The number of hydrogen-bond acceptors (Lipinski definition) is 0. The van der Waals surface area contributed by atoms with Crippen molar-refractivity contribution in [3.05, 3.63) is 81.9 Å². The van der Waals surface area contributed by atoms with E-state index < -0.39 is 14.4 Å². The van der Waals surface area contributed by atoms with Gasteiger partial charge in [0.05, 0.1) is 0 Å². The molecule has 0 heterocycles. The SMILES string of the molecule is C[CH]=[Zr]([CH3])([Cl])([Cl])([CH]1C(C)=Cc2ccccc21)[CH]1C(C)=Cc2ccccc21. The predicted molar refractivity (Wildman–Crippen MR) is 115 cm³/mol. The van der Waals surface area contributed by atoms with Gasteiger partial charge in [-0.05, 0) is 0 Å². The molecule has 2 unspecified atom stereocenters. The van der Waals surface area contributed by atoms with Crippen LogP contribution in [0.5, 0.6) is 0 Å². The van der Waals surface area contributed by atoms with Crippen LogP contribution in [0.15, 0.2) is 59.7 Å². The van der Waals surface area contributed by atoms with Gasteiger partial charge in [-0.2, -0.15) is 0 Å². The fraction of sp³-hybridized carbons (Fsp3) is 0.261. The molecule has 135 valence electrons. The molecule has 2 aliphatic carbocycles. The zero-order chi connectivity index (χ0) is 18.8. The molecule has 2 aromatic carbocycles. The van der Waals surface area contributed by atoms with Gasteiger partial charge >= 0.3 is 162 Å². The van der Waals surface area contributed by atoms with E-state index in [-0.39, 0.29) is 7.25 Å². The van der Waals surface area contributed by atoms with E-state index in [4.69, 9.17) is 17.0 Å². The second-order valence-corrected chi connectivity index (χ2v) is 40.7. The number of hydrogen-bond donors (Lipinski definition) is 0. The third-order valence-electron chi connectivity index (χ3n) is 6.81.